The second kappa shape index (κ2) is 7.93. The number of benzene rings is 1. The zero-order valence-corrected chi connectivity index (χ0v) is 11.3. The van der Waals surface area contributed by atoms with Gasteiger partial charge in [-0.25, -0.2) is 0 Å². The van der Waals surface area contributed by atoms with Crippen molar-refractivity contribution in [3.8, 4) is 6.07 Å². The molecule has 3 heteroatoms. The fraction of sp³-hybridized carbons (Fsp3) is 0.562. The van der Waals surface area contributed by atoms with Crippen LogP contribution in [0, 0.1) is 17.2 Å². The van der Waals surface area contributed by atoms with Gasteiger partial charge in [-0.2, -0.15) is 5.26 Å². The van der Waals surface area contributed by atoms with Gasteiger partial charge in [0.1, 0.15) is 0 Å². The zero-order valence-electron chi connectivity index (χ0n) is 11.3. The number of nitriles is 1. The second-order valence-electron chi connectivity index (χ2n) is 5.15. The van der Waals surface area contributed by atoms with Gasteiger partial charge in [0.2, 0.25) is 0 Å². The molecule has 0 bridgehead atoms. The first-order valence-electron chi connectivity index (χ1n) is 7.13. The van der Waals surface area contributed by atoms with Crippen molar-refractivity contribution in [1.29, 1.82) is 5.26 Å². The first kappa shape index (κ1) is 14.0. The fourth-order valence-electron chi connectivity index (χ4n) is 2.07. The Hall–Kier alpha value is -1.37. The molecule has 19 heavy (non-hydrogen) atoms. The molecular formula is C16H22N2O. The minimum Gasteiger partial charge on any atom is -0.381 e. The van der Waals surface area contributed by atoms with E-state index in [1.165, 1.54) is 18.4 Å². The molecule has 0 amide bonds. The topological polar surface area (TPSA) is 45.0 Å². The van der Waals surface area contributed by atoms with E-state index in [2.05, 4.69) is 23.5 Å². The highest BCUT2D eigenvalue weighted by molar-refractivity contribution is 5.19. The Bertz CT molecular complexity index is 395. The Balaban J connectivity index is 1.64. The molecule has 1 unspecified atom stereocenters. The second-order valence-corrected chi connectivity index (χ2v) is 5.15. The van der Waals surface area contributed by atoms with Gasteiger partial charge in [0, 0.05) is 19.3 Å². The summed E-state index contributed by atoms with van der Waals surface area (Å²) in [6.45, 7) is 2.64. The normalized spacial score (nSPS) is 15.9. The molecule has 0 aliphatic heterocycles. The van der Waals surface area contributed by atoms with E-state index in [1.54, 1.807) is 0 Å². The number of nitrogens with one attached hydrogen (secondary N) is 1. The largest absolute Gasteiger partial charge is 0.381 e. The first-order valence-corrected chi connectivity index (χ1v) is 7.13. The highest BCUT2D eigenvalue weighted by Gasteiger charge is 2.20. The standard InChI is InChI=1S/C16H22N2O/c17-10-9-16(15-5-2-1-3-6-15)18-11-4-12-19-13-14-7-8-14/h1-3,5-6,14,16,18H,4,7-9,11-13H2. The third-order valence-electron chi connectivity index (χ3n) is 3.40. The molecule has 102 valence electrons. The average Bonchev–Trinajstić information content (AvgIpc) is 3.26. The summed E-state index contributed by atoms with van der Waals surface area (Å²) in [5.41, 5.74) is 1.18. The van der Waals surface area contributed by atoms with E-state index in [-0.39, 0.29) is 6.04 Å². The van der Waals surface area contributed by atoms with Crippen LogP contribution in [-0.4, -0.2) is 19.8 Å². The number of hydrogen-bond acceptors (Lipinski definition) is 3. The van der Waals surface area contributed by atoms with Crippen LogP contribution in [0.3, 0.4) is 0 Å². The minimum atomic E-state index is 0.134. The lowest BCUT2D eigenvalue weighted by atomic mass is 10.0. The molecule has 1 aliphatic carbocycles. The van der Waals surface area contributed by atoms with Gasteiger partial charge in [-0.05, 0) is 37.3 Å². The lowest BCUT2D eigenvalue weighted by Crippen LogP contribution is -2.23. The third-order valence-corrected chi connectivity index (χ3v) is 3.40. The number of rotatable bonds is 9. The van der Waals surface area contributed by atoms with Gasteiger partial charge in [-0.1, -0.05) is 30.3 Å². The molecule has 0 aromatic heterocycles. The first-order chi connectivity index (χ1) is 9.40. The van der Waals surface area contributed by atoms with E-state index < -0.39 is 0 Å². The molecule has 3 nitrogen and oxygen atoms in total. The molecule has 1 aliphatic rings. The molecule has 2 rings (SSSR count). The van der Waals surface area contributed by atoms with E-state index in [1.807, 2.05) is 18.2 Å². The van der Waals surface area contributed by atoms with E-state index in [9.17, 15) is 0 Å². The lowest BCUT2D eigenvalue weighted by molar-refractivity contribution is 0.121. The Morgan fingerprint density at radius 1 is 1.32 bits per heavy atom. The molecule has 0 spiro atoms. The quantitative estimate of drug-likeness (QED) is 0.692. The van der Waals surface area contributed by atoms with E-state index in [4.69, 9.17) is 10.00 Å². The lowest BCUT2D eigenvalue weighted by Gasteiger charge is -2.16. The summed E-state index contributed by atoms with van der Waals surface area (Å²) in [6.07, 6.45) is 4.20. The third kappa shape index (κ3) is 5.42. The summed E-state index contributed by atoms with van der Waals surface area (Å²) in [5, 5.41) is 12.3. The maximum atomic E-state index is 8.89. The zero-order chi connectivity index (χ0) is 13.3. The van der Waals surface area contributed by atoms with Crippen molar-refractivity contribution in [3.05, 3.63) is 35.9 Å². The Labute approximate surface area is 115 Å². The predicted octanol–water partition coefficient (Wildman–Crippen LogP) is 3.05. The SMILES string of the molecule is N#CCC(NCCCOCC1CC1)c1ccccc1. The molecule has 0 radical (unpaired) electrons. The van der Waals surface area contributed by atoms with Crippen LogP contribution >= 0.6 is 0 Å². The summed E-state index contributed by atoms with van der Waals surface area (Å²) in [5.74, 6) is 0.837. The number of hydrogen-bond donors (Lipinski definition) is 1. The minimum absolute atomic E-state index is 0.134. The Kier molecular flexibility index (Phi) is 5.87. The van der Waals surface area contributed by atoms with Gasteiger partial charge < -0.3 is 10.1 Å². The van der Waals surface area contributed by atoms with Crippen LogP contribution in [0.25, 0.3) is 0 Å². The van der Waals surface area contributed by atoms with Crippen LogP contribution < -0.4 is 5.32 Å². The van der Waals surface area contributed by atoms with Crippen molar-refractivity contribution in [3.63, 3.8) is 0 Å². The molecule has 0 saturated heterocycles. The summed E-state index contributed by atoms with van der Waals surface area (Å²) < 4.78 is 5.60. The van der Waals surface area contributed by atoms with Crippen LogP contribution in [0.1, 0.15) is 37.3 Å². The van der Waals surface area contributed by atoms with Crippen molar-refractivity contribution >= 4 is 0 Å². The molecular weight excluding hydrogens is 236 g/mol. The molecule has 1 aromatic carbocycles. The Morgan fingerprint density at radius 3 is 2.79 bits per heavy atom. The summed E-state index contributed by atoms with van der Waals surface area (Å²) >= 11 is 0. The molecule has 1 saturated carbocycles. The van der Waals surface area contributed by atoms with E-state index >= 15 is 0 Å². The summed E-state index contributed by atoms with van der Waals surface area (Å²) in [7, 11) is 0. The Morgan fingerprint density at radius 2 is 2.11 bits per heavy atom. The van der Waals surface area contributed by atoms with Crippen LogP contribution in [0.2, 0.25) is 0 Å². The van der Waals surface area contributed by atoms with Crippen molar-refractivity contribution in [2.24, 2.45) is 5.92 Å². The van der Waals surface area contributed by atoms with E-state index in [0.717, 1.165) is 32.1 Å². The summed E-state index contributed by atoms with van der Waals surface area (Å²) in [4.78, 5) is 0. The number of ether oxygens (including phenoxy) is 1. The predicted molar refractivity (Wildman–Crippen MR) is 75.6 cm³/mol. The summed E-state index contributed by atoms with van der Waals surface area (Å²) in [6, 6.07) is 12.5. The average molecular weight is 258 g/mol. The molecule has 1 aromatic rings. The van der Waals surface area contributed by atoms with Crippen molar-refractivity contribution in [2.45, 2.75) is 31.7 Å². The molecule has 1 atom stereocenters. The van der Waals surface area contributed by atoms with Crippen LogP contribution in [0.15, 0.2) is 30.3 Å². The van der Waals surface area contributed by atoms with Crippen molar-refractivity contribution in [2.75, 3.05) is 19.8 Å². The highest BCUT2D eigenvalue weighted by Crippen LogP contribution is 2.28. The van der Waals surface area contributed by atoms with E-state index in [0.29, 0.717) is 6.42 Å². The number of nitrogens with zero attached hydrogens (tertiary/aromatic N) is 1. The molecule has 0 heterocycles. The van der Waals surface area contributed by atoms with Crippen molar-refractivity contribution < 1.29 is 4.74 Å². The van der Waals surface area contributed by atoms with Crippen molar-refractivity contribution in [1.82, 2.24) is 5.32 Å². The van der Waals surface area contributed by atoms with Gasteiger partial charge in [-0.3, -0.25) is 0 Å². The maximum absolute atomic E-state index is 8.89. The van der Waals surface area contributed by atoms with Gasteiger partial charge in [0.05, 0.1) is 12.5 Å². The van der Waals surface area contributed by atoms with Crippen LogP contribution in [-0.2, 0) is 4.74 Å². The van der Waals surface area contributed by atoms with Gasteiger partial charge in [0.25, 0.3) is 0 Å². The maximum Gasteiger partial charge on any atom is 0.0641 e. The highest BCUT2D eigenvalue weighted by atomic mass is 16.5. The fourth-order valence-corrected chi connectivity index (χ4v) is 2.07. The van der Waals surface area contributed by atoms with Crippen LogP contribution in [0.5, 0.6) is 0 Å². The molecule has 1 N–H and O–H groups in total. The van der Waals surface area contributed by atoms with Crippen LogP contribution in [0.4, 0.5) is 0 Å². The van der Waals surface area contributed by atoms with Gasteiger partial charge >= 0.3 is 0 Å². The molecule has 1 fully saturated rings. The van der Waals surface area contributed by atoms with Gasteiger partial charge in [-0.15, -0.1) is 0 Å². The smallest absolute Gasteiger partial charge is 0.0641 e. The van der Waals surface area contributed by atoms with Gasteiger partial charge in [0.15, 0.2) is 0 Å². The monoisotopic (exact) mass is 258 g/mol.